The van der Waals surface area contributed by atoms with Gasteiger partial charge in [0.05, 0.1) is 13.2 Å². The summed E-state index contributed by atoms with van der Waals surface area (Å²) in [5.41, 5.74) is 0.957. The monoisotopic (exact) mass is 396 g/mol. The average molecular weight is 396 g/mol. The van der Waals surface area contributed by atoms with Crippen LogP contribution < -0.4 is 10.1 Å². The fourth-order valence-corrected chi connectivity index (χ4v) is 2.45. The maximum absolute atomic E-state index is 11.5. The Hall–Kier alpha value is -2.89. The van der Waals surface area contributed by atoms with Crippen molar-refractivity contribution in [3.05, 3.63) is 40.6 Å². The van der Waals surface area contributed by atoms with Crippen LogP contribution in [-0.4, -0.2) is 71.7 Å². The van der Waals surface area contributed by atoms with Gasteiger partial charge in [0.1, 0.15) is 25.1 Å². The van der Waals surface area contributed by atoms with Crippen molar-refractivity contribution in [1.82, 2.24) is 15.4 Å². The zero-order chi connectivity index (χ0) is 20.4. The SMILES string of the molecule is CC(=O)N(CCNCC(O)COc1cccc2[nH]ccc12)OCCO[N+](=O)[O-]. The van der Waals surface area contributed by atoms with Gasteiger partial charge in [-0.15, -0.1) is 10.1 Å². The molecule has 154 valence electrons. The summed E-state index contributed by atoms with van der Waals surface area (Å²) in [6.07, 6.45) is 1.08. The second-order valence-electron chi connectivity index (χ2n) is 5.88. The van der Waals surface area contributed by atoms with Crippen LogP contribution in [0.1, 0.15) is 6.92 Å². The number of nitrogens with one attached hydrogen (secondary N) is 2. The van der Waals surface area contributed by atoms with Crippen molar-refractivity contribution in [2.75, 3.05) is 39.5 Å². The number of benzene rings is 1. The van der Waals surface area contributed by atoms with E-state index in [-0.39, 0.29) is 38.8 Å². The van der Waals surface area contributed by atoms with Crippen LogP contribution in [0, 0.1) is 10.1 Å². The third-order valence-electron chi connectivity index (χ3n) is 3.74. The fourth-order valence-electron chi connectivity index (χ4n) is 2.45. The van der Waals surface area contributed by atoms with Gasteiger partial charge in [-0.05, 0) is 18.2 Å². The Labute approximate surface area is 161 Å². The normalized spacial score (nSPS) is 11.9. The minimum Gasteiger partial charge on any atom is -0.490 e. The zero-order valence-corrected chi connectivity index (χ0v) is 15.5. The quantitative estimate of drug-likeness (QED) is 0.252. The highest BCUT2D eigenvalue weighted by Gasteiger charge is 2.11. The number of fused-ring (bicyclic) bond motifs is 1. The number of aliphatic hydroxyl groups is 1. The van der Waals surface area contributed by atoms with Gasteiger partial charge in [-0.2, -0.15) is 0 Å². The molecule has 1 unspecified atom stereocenters. The molecule has 0 fully saturated rings. The van der Waals surface area contributed by atoms with E-state index in [0.717, 1.165) is 16.0 Å². The molecule has 2 aromatic rings. The van der Waals surface area contributed by atoms with Gasteiger partial charge in [0.2, 0.25) is 5.91 Å². The Morgan fingerprint density at radius 2 is 2.21 bits per heavy atom. The van der Waals surface area contributed by atoms with E-state index in [0.29, 0.717) is 12.3 Å². The van der Waals surface area contributed by atoms with Crippen molar-refractivity contribution in [3.8, 4) is 5.75 Å². The molecule has 0 radical (unpaired) electrons. The molecule has 0 aliphatic rings. The minimum atomic E-state index is -0.928. The first kappa shape index (κ1) is 21.4. The van der Waals surface area contributed by atoms with Crippen LogP contribution >= 0.6 is 0 Å². The summed E-state index contributed by atoms with van der Waals surface area (Å²) in [6, 6.07) is 7.54. The summed E-state index contributed by atoms with van der Waals surface area (Å²) in [4.78, 5) is 33.8. The number of ether oxygens (including phenoxy) is 1. The van der Waals surface area contributed by atoms with E-state index in [1.165, 1.54) is 6.92 Å². The molecule has 11 nitrogen and oxygen atoms in total. The Balaban J connectivity index is 1.64. The van der Waals surface area contributed by atoms with Crippen molar-refractivity contribution in [2.24, 2.45) is 0 Å². The molecular weight excluding hydrogens is 372 g/mol. The topological polar surface area (TPSA) is 139 Å². The molecule has 0 aliphatic carbocycles. The first-order valence-corrected chi connectivity index (χ1v) is 8.73. The number of aliphatic hydroxyl groups excluding tert-OH is 1. The first-order chi connectivity index (χ1) is 13.5. The van der Waals surface area contributed by atoms with E-state index in [2.05, 4.69) is 15.1 Å². The predicted octanol–water partition coefficient (Wildman–Crippen LogP) is 0.486. The average Bonchev–Trinajstić information content (AvgIpc) is 3.13. The summed E-state index contributed by atoms with van der Waals surface area (Å²) in [6.45, 7) is 1.88. The summed E-state index contributed by atoms with van der Waals surface area (Å²) in [5, 5.41) is 24.2. The molecule has 28 heavy (non-hydrogen) atoms. The molecule has 1 atom stereocenters. The van der Waals surface area contributed by atoms with Crippen LogP contribution in [0.15, 0.2) is 30.5 Å². The van der Waals surface area contributed by atoms with Gasteiger partial charge in [-0.25, -0.2) is 5.06 Å². The van der Waals surface area contributed by atoms with Crippen molar-refractivity contribution in [1.29, 1.82) is 0 Å². The lowest BCUT2D eigenvalue weighted by Crippen LogP contribution is -2.39. The molecule has 1 amide bonds. The number of H-pyrrole nitrogens is 1. The molecule has 0 saturated heterocycles. The van der Waals surface area contributed by atoms with Crippen molar-refractivity contribution >= 4 is 16.8 Å². The lowest BCUT2D eigenvalue weighted by atomic mass is 10.2. The molecule has 1 heterocycles. The molecule has 2 rings (SSSR count). The molecule has 0 spiro atoms. The van der Waals surface area contributed by atoms with Gasteiger partial charge >= 0.3 is 0 Å². The smallest absolute Gasteiger partial charge is 0.294 e. The minimum absolute atomic E-state index is 0.114. The van der Waals surface area contributed by atoms with Crippen molar-refractivity contribution < 1.29 is 29.4 Å². The Kier molecular flexibility index (Phi) is 8.46. The van der Waals surface area contributed by atoms with Crippen LogP contribution in [0.5, 0.6) is 5.75 Å². The van der Waals surface area contributed by atoms with Gasteiger partial charge in [0, 0.05) is 37.1 Å². The first-order valence-electron chi connectivity index (χ1n) is 8.73. The van der Waals surface area contributed by atoms with E-state index in [1.54, 1.807) is 0 Å². The van der Waals surface area contributed by atoms with Crippen LogP contribution in [0.3, 0.4) is 0 Å². The highest BCUT2D eigenvalue weighted by molar-refractivity contribution is 5.85. The van der Waals surface area contributed by atoms with Crippen molar-refractivity contribution in [2.45, 2.75) is 13.0 Å². The summed E-state index contributed by atoms with van der Waals surface area (Å²) in [5.74, 6) is 0.345. The molecule has 1 aromatic heterocycles. The van der Waals surface area contributed by atoms with E-state index < -0.39 is 11.2 Å². The summed E-state index contributed by atoms with van der Waals surface area (Å²) in [7, 11) is 0. The number of hydroxylamine groups is 2. The van der Waals surface area contributed by atoms with Crippen LogP contribution in [0.2, 0.25) is 0 Å². The van der Waals surface area contributed by atoms with E-state index >= 15 is 0 Å². The second kappa shape index (κ2) is 11.1. The van der Waals surface area contributed by atoms with Gasteiger partial charge < -0.3 is 25.0 Å². The Morgan fingerprint density at radius 1 is 1.39 bits per heavy atom. The number of carbonyl (C=O) groups is 1. The second-order valence-corrected chi connectivity index (χ2v) is 5.88. The third-order valence-corrected chi connectivity index (χ3v) is 3.74. The highest BCUT2D eigenvalue weighted by Crippen LogP contribution is 2.24. The largest absolute Gasteiger partial charge is 0.490 e. The molecule has 11 heteroatoms. The van der Waals surface area contributed by atoms with Gasteiger partial charge in [0.15, 0.2) is 0 Å². The molecule has 0 saturated carbocycles. The number of rotatable bonds is 13. The van der Waals surface area contributed by atoms with Gasteiger partial charge in [0.25, 0.3) is 5.09 Å². The zero-order valence-electron chi connectivity index (χ0n) is 15.5. The van der Waals surface area contributed by atoms with Crippen molar-refractivity contribution in [3.63, 3.8) is 0 Å². The summed E-state index contributed by atoms with van der Waals surface area (Å²) < 4.78 is 5.67. The molecule has 3 N–H and O–H groups in total. The lowest BCUT2D eigenvalue weighted by Gasteiger charge is -2.21. The van der Waals surface area contributed by atoms with Crippen LogP contribution in [0.4, 0.5) is 0 Å². The van der Waals surface area contributed by atoms with Gasteiger partial charge in [-0.1, -0.05) is 6.07 Å². The third kappa shape index (κ3) is 7.02. The maximum Gasteiger partial charge on any atom is 0.294 e. The number of nitrogens with zero attached hydrogens (tertiary/aromatic N) is 2. The Bertz CT molecular complexity index is 767. The molecule has 0 aliphatic heterocycles. The van der Waals surface area contributed by atoms with Crippen LogP contribution in [0.25, 0.3) is 10.9 Å². The lowest BCUT2D eigenvalue weighted by molar-refractivity contribution is -0.758. The highest BCUT2D eigenvalue weighted by atomic mass is 17.0. The standard InChI is InChI=1S/C17H24N4O7/c1-13(22)20(27-9-10-28-21(24)25)8-7-18-11-14(23)12-26-17-4-2-3-16-15(17)5-6-19-16/h2-6,14,18-19,23H,7-12H2,1H3. The number of aromatic amines is 1. The number of amides is 1. The fraction of sp³-hybridized carbons (Fsp3) is 0.471. The van der Waals surface area contributed by atoms with E-state index in [1.807, 2.05) is 30.5 Å². The molecule has 1 aromatic carbocycles. The summed E-state index contributed by atoms with van der Waals surface area (Å²) >= 11 is 0. The molecular formula is C17H24N4O7. The number of carbonyl (C=O) groups excluding carboxylic acids is 1. The number of hydrogen-bond acceptors (Lipinski definition) is 8. The van der Waals surface area contributed by atoms with E-state index in [9.17, 15) is 20.0 Å². The predicted molar refractivity (Wildman–Crippen MR) is 99.0 cm³/mol. The molecule has 0 bridgehead atoms. The van der Waals surface area contributed by atoms with Gasteiger partial charge in [-0.3, -0.25) is 9.63 Å². The maximum atomic E-state index is 11.5. The Morgan fingerprint density at radius 3 is 2.96 bits per heavy atom. The number of aromatic nitrogens is 1. The van der Waals surface area contributed by atoms with Crippen LogP contribution in [-0.2, 0) is 14.5 Å². The number of hydrogen-bond donors (Lipinski definition) is 3. The van der Waals surface area contributed by atoms with E-state index in [4.69, 9.17) is 9.57 Å².